The molecule has 0 spiro atoms. The molecule has 8 nitrogen and oxygen atoms in total. The minimum atomic E-state index is -0.645. The zero-order chi connectivity index (χ0) is 19.4. The minimum Gasteiger partial charge on any atom is -0.506 e. The Hall–Kier alpha value is -3.81. The maximum absolute atomic E-state index is 12.3. The third-order valence-corrected chi connectivity index (χ3v) is 3.79. The van der Waals surface area contributed by atoms with E-state index in [1.165, 1.54) is 6.07 Å². The van der Waals surface area contributed by atoms with Gasteiger partial charge < -0.3 is 19.6 Å². The molecule has 0 atom stereocenters. The molecular formula is C19H16N2O6. The first-order chi connectivity index (χ1) is 12.9. The summed E-state index contributed by atoms with van der Waals surface area (Å²) in [7, 11) is 0. The Morgan fingerprint density at radius 1 is 1.22 bits per heavy atom. The number of ether oxygens (including phenoxy) is 1. The molecule has 0 aliphatic heterocycles. The number of anilines is 1. The van der Waals surface area contributed by atoms with Crippen molar-refractivity contribution >= 4 is 17.3 Å². The highest BCUT2D eigenvalue weighted by Crippen LogP contribution is 2.28. The molecule has 0 aliphatic carbocycles. The molecule has 0 aliphatic rings. The van der Waals surface area contributed by atoms with Gasteiger partial charge in [-0.1, -0.05) is 18.2 Å². The van der Waals surface area contributed by atoms with Crippen molar-refractivity contribution in [2.24, 2.45) is 0 Å². The molecule has 138 valence electrons. The zero-order valence-electron chi connectivity index (χ0n) is 14.3. The quantitative estimate of drug-likeness (QED) is 0.385. The number of rotatable bonds is 6. The van der Waals surface area contributed by atoms with Crippen LogP contribution in [0.4, 0.5) is 11.4 Å². The number of nitro groups is 1. The lowest BCUT2D eigenvalue weighted by Crippen LogP contribution is -2.11. The number of hydrogen-bond donors (Lipinski definition) is 2. The van der Waals surface area contributed by atoms with Crippen LogP contribution in [-0.4, -0.2) is 15.9 Å². The maximum Gasteiger partial charge on any atom is 0.291 e. The van der Waals surface area contributed by atoms with Crippen LogP contribution in [0.15, 0.2) is 59.0 Å². The van der Waals surface area contributed by atoms with Crippen molar-refractivity contribution in [3.8, 4) is 11.5 Å². The Bertz CT molecular complexity index is 995. The van der Waals surface area contributed by atoms with E-state index in [0.29, 0.717) is 11.5 Å². The van der Waals surface area contributed by atoms with Gasteiger partial charge in [-0.25, -0.2) is 0 Å². The summed E-state index contributed by atoms with van der Waals surface area (Å²) in [6, 6.07) is 13.9. The second-order valence-corrected chi connectivity index (χ2v) is 5.73. The van der Waals surface area contributed by atoms with Crippen LogP contribution in [0.25, 0.3) is 0 Å². The molecule has 8 heteroatoms. The van der Waals surface area contributed by atoms with Gasteiger partial charge in [-0.15, -0.1) is 0 Å². The molecule has 0 fully saturated rings. The molecule has 1 aromatic heterocycles. The van der Waals surface area contributed by atoms with Crippen molar-refractivity contribution in [3.05, 3.63) is 81.8 Å². The number of aryl methyl sites for hydroxylation is 1. The lowest BCUT2D eigenvalue weighted by atomic mass is 10.2. The van der Waals surface area contributed by atoms with Gasteiger partial charge in [0.2, 0.25) is 0 Å². The largest absolute Gasteiger partial charge is 0.506 e. The molecular weight excluding hydrogens is 352 g/mol. The predicted molar refractivity (Wildman–Crippen MR) is 96.9 cm³/mol. The van der Waals surface area contributed by atoms with E-state index < -0.39 is 10.8 Å². The van der Waals surface area contributed by atoms with Gasteiger partial charge in [0.1, 0.15) is 23.9 Å². The smallest absolute Gasteiger partial charge is 0.291 e. The van der Waals surface area contributed by atoms with E-state index in [9.17, 15) is 20.0 Å². The molecule has 0 saturated carbocycles. The number of hydrogen-bond acceptors (Lipinski definition) is 6. The number of carbonyl (C=O) groups excluding carboxylic acids is 1. The van der Waals surface area contributed by atoms with Crippen LogP contribution in [0.5, 0.6) is 11.5 Å². The Labute approximate surface area is 154 Å². The lowest BCUT2D eigenvalue weighted by Gasteiger charge is -2.07. The SMILES string of the molecule is Cc1ccccc1OCc1ccc(C(=O)Nc2cc([N+](=O)[O-])ccc2O)o1. The summed E-state index contributed by atoms with van der Waals surface area (Å²) in [6.45, 7) is 2.06. The Morgan fingerprint density at radius 3 is 2.74 bits per heavy atom. The lowest BCUT2D eigenvalue weighted by molar-refractivity contribution is -0.384. The summed E-state index contributed by atoms with van der Waals surface area (Å²) in [5.74, 6) is 0.203. The van der Waals surface area contributed by atoms with E-state index in [0.717, 1.165) is 23.8 Å². The maximum atomic E-state index is 12.3. The van der Waals surface area contributed by atoms with Gasteiger partial charge in [-0.2, -0.15) is 0 Å². The highest BCUT2D eigenvalue weighted by atomic mass is 16.6. The summed E-state index contributed by atoms with van der Waals surface area (Å²) in [5, 5.41) is 23.0. The van der Waals surface area contributed by atoms with Gasteiger partial charge >= 0.3 is 0 Å². The molecule has 0 radical (unpaired) electrons. The number of amides is 1. The Morgan fingerprint density at radius 2 is 2.00 bits per heavy atom. The molecule has 3 rings (SSSR count). The van der Waals surface area contributed by atoms with Crippen molar-refractivity contribution in [2.45, 2.75) is 13.5 Å². The van der Waals surface area contributed by atoms with Gasteiger partial charge in [0, 0.05) is 12.1 Å². The summed E-state index contributed by atoms with van der Waals surface area (Å²) < 4.78 is 11.1. The number of phenolic OH excluding ortho intramolecular Hbond substituents is 1. The normalized spacial score (nSPS) is 10.4. The van der Waals surface area contributed by atoms with Crippen LogP contribution in [-0.2, 0) is 6.61 Å². The number of para-hydroxylation sites is 1. The molecule has 2 N–H and O–H groups in total. The standard InChI is InChI=1S/C19H16N2O6/c1-12-4-2-3-5-17(12)26-11-14-7-9-18(27-14)19(23)20-15-10-13(21(24)25)6-8-16(15)22/h2-10,22H,11H2,1H3,(H,20,23). The number of non-ortho nitro benzene ring substituents is 1. The van der Waals surface area contributed by atoms with E-state index >= 15 is 0 Å². The molecule has 27 heavy (non-hydrogen) atoms. The number of benzene rings is 2. The first kappa shape index (κ1) is 18.0. The fourth-order valence-electron chi connectivity index (χ4n) is 2.37. The summed E-state index contributed by atoms with van der Waals surface area (Å²) in [6.07, 6.45) is 0. The van der Waals surface area contributed by atoms with Crippen molar-refractivity contribution in [3.63, 3.8) is 0 Å². The zero-order valence-corrected chi connectivity index (χ0v) is 14.3. The van der Waals surface area contributed by atoms with Crippen LogP contribution in [0.1, 0.15) is 21.9 Å². The van der Waals surface area contributed by atoms with Gasteiger partial charge in [-0.3, -0.25) is 14.9 Å². The fourth-order valence-corrected chi connectivity index (χ4v) is 2.37. The monoisotopic (exact) mass is 368 g/mol. The predicted octanol–water partition coefficient (Wildman–Crippen LogP) is 4.03. The van der Waals surface area contributed by atoms with Crippen molar-refractivity contribution in [2.75, 3.05) is 5.32 Å². The number of furan rings is 1. The Balaban J connectivity index is 1.67. The molecule has 3 aromatic rings. The number of phenols is 1. The first-order valence-electron chi connectivity index (χ1n) is 8.00. The van der Waals surface area contributed by atoms with E-state index in [1.54, 1.807) is 6.07 Å². The molecule has 1 heterocycles. The van der Waals surface area contributed by atoms with Crippen LogP contribution in [0.3, 0.4) is 0 Å². The second-order valence-electron chi connectivity index (χ2n) is 5.73. The van der Waals surface area contributed by atoms with Crippen LogP contribution < -0.4 is 10.1 Å². The molecule has 0 unspecified atom stereocenters. The van der Waals surface area contributed by atoms with Gasteiger partial charge in [0.25, 0.3) is 11.6 Å². The van der Waals surface area contributed by atoms with E-state index in [4.69, 9.17) is 9.15 Å². The molecule has 1 amide bonds. The minimum absolute atomic E-state index is 0.00992. The van der Waals surface area contributed by atoms with Crippen molar-refractivity contribution < 1.29 is 24.0 Å². The topological polar surface area (TPSA) is 115 Å². The van der Waals surface area contributed by atoms with Crippen molar-refractivity contribution in [1.82, 2.24) is 0 Å². The van der Waals surface area contributed by atoms with E-state index in [2.05, 4.69) is 5.32 Å². The van der Waals surface area contributed by atoms with Crippen LogP contribution in [0, 0.1) is 17.0 Å². The highest BCUT2D eigenvalue weighted by Gasteiger charge is 2.16. The Kier molecular flexibility index (Phi) is 5.07. The van der Waals surface area contributed by atoms with Gasteiger partial charge in [0.15, 0.2) is 5.76 Å². The van der Waals surface area contributed by atoms with Crippen LogP contribution in [0.2, 0.25) is 0 Å². The second kappa shape index (κ2) is 7.61. The molecule has 0 saturated heterocycles. The summed E-state index contributed by atoms with van der Waals surface area (Å²) in [4.78, 5) is 22.5. The highest BCUT2D eigenvalue weighted by molar-refractivity contribution is 6.03. The number of carbonyl (C=O) groups is 1. The number of nitrogens with one attached hydrogen (secondary N) is 1. The van der Waals surface area contributed by atoms with Gasteiger partial charge in [-0.05, 0) is 36.8 Å². The summed E-state index contributed by atoms with van der Waals surface area (Å²) in [5.41, 5.74) is 0.640. The van der Waals surface area contributed by atoms with Crippen LogP contribution >= 0.6 is 0 Å². The average Bonchev–Trinajstić information content (AvgIpc) is 3.12. The average molecular weight is 368 g/mol. The third-order valence-electron chi connectivity index (χ3n) is 3.79. The van der Waals surface area contributed by atoms with Gasteiger partial charge in [0.05, 0.1) is 10.6 Å². The fraction of sp³-hybridized carbons (Fsp3) is 0.105. The van der Waals surface area contributed by atoms with Crippen molar-refractivity contribution in [1.29, 1.82) is 0 Å². The molecule has 0 bridgehead atoms. The summed E-state index contributed by atoms with van der Waals surface area (Å²) >= 11 is 0. The van der Waals surface area contributed by atoms with E-state index in [-0.39, 0.29) is 29.5 Å². The molecule has 2 aromatic carbocycles. The number of nitrogens with zero attached hydrogens (tertiary/aromatic N) is 1. The number of aromatic hydroxyl groups is 1. The third kappa shape index (κ3) is 4.24. The first-order valence-corrected chi connectivity index (χ1v) is 8.00. The number of nitro benzene ring substituents is 1. The van der Waals surface area contributed by atoms with E-state index in [1.807, 2.05) is 31.2 Å².